The zero-order valence-electron chi connectivity index (χ0n) is 17.3. The van der Waals surface area contributed by atoms with Gasteiger partial charge in [0.25, 0.3) is 0 Å². The van der Waals surface area contributed by atoms with Crippen molar-refractivity contribution in [1.29, 1.82) is 0 Å². The third kappa shape index (κ3) is 4.59. The number of rotatable bonds is 6. The summed E-state index contributed by atoms with van der Waals surface area (Å²) in [5.41, 5.74) is -0.246. The van der Waals surface area contributed by atoms with Gasteiger partial charge in [-0.1, -0.05) is 0 Å². The highest BCUT2D eigenvalue weighted by molar-refractivity contribution is 7.93. The molecule has 0 saturated heterocycles. The molecule has 14 heteroatoms. The van der Waals surface area contributed by atoms with Crippen LogP contribution < -0.4 is 10.0 Å². The topological polar surface area (TPSA) is 127 Å². The number of alkyl halides is 3. The van der Waals surface area contributed by atoms with Gasteiger partial charge < -0.3 is 5.32 Å². The SMILES string of the molecule is O=C(Nc1ccc(-c2cncc(C(F)(F)F)n2)cn1)C1CCc2sc(NS(=O)(=O)C3CC3)nc21. The van der Waals surface area contributed by atoms with Crippen molar-refractivity contribution in [3.8, 4) is 11.3 Å². The zero-order valence-corrected chi connectivity index (χ0v) is 19.0. The van der Waals surface area contributed by atoms with Gasteiger partial charge >= 0.3 is 6.18 Å². The number of fused-ring (bicyclic) bond motifs is 1. The van der Waals surface area contributed by atoms with E-state index in [4.69, 9.17) is 0 Å². The van der Waals surface area contributed by atoms with Gasteiger partial charge in [0.15, 0.2) is 10.8 Å². The van der Waals surface area contributed by atoms with E-state index >= 15 is 0 Å². The molecule has 0 bridgehead atoms. The first kappa shape index (κ1) is 22.7. The molecule has 1 saturated carbocycles. The van der Waals surface area contributed by atoms with Crippen molar-refractivity contribution in [3.05, 3.63) is 47.0 Å². The van der Waals surface area contributed by atoms with E-state index in [2.05, 4.69) is 30.0 Å². The summed E-state index contributed by atoms with van der Waals surface area (Å²) in [6.45, 7) is 0. The number of sulfonamides is 1. The van der Waals surface area contributed by atoms with Crippen LogP contribution in [0.15, 0.2) is 30.7 Å². The van der Waals surface area contributed by atoms with E-state index in [0.29, 0.717) is 43.1 Å². The molecule has 1 atom stereocenters. The van der Waals surface area contributed by atoms with Gasteiger partial charge in [0.05, 0.1) is 34.9 Å². The van der Waals surface area contributed by atoms with Gasteiger partial charge in [-0.2, -0.15) is 13.2 Å². The molecule has 2 aliphatic rings. The summed E-state index contributed by atoms with van der Waals surface area (Å²) >= 11 is 1.23. The molecule has 178 valence electrons. The fourth-order valence-corrected chi connectivity index (χ4v) is 6.20. The van der Waals surface area contributed by atoms with Crippen molar-refractivity contribution >= 4 is 38.2 Å². The van der Waals surface area contributed by atoms with Crippen molar-refractivity contribution in [2.24, 2.45) is 0 Å². The first-order chi connectivity index (χ1) is 16.1. The maximum Gasteiger partial charge on any atom is 0.434 e. The maximum atomic E-state index is 12.9. The molecule has 5 rings (SSSR count). The normalized spacial score (nSPS) is 17.9. The summed E-state index contributed by atoms with van der Waals surface area (Å²) in [5.74, 6) is -0.687. The molecule has 2 aliphatic carbocycles. The molecular weight excluding hydrogens is 493 g/mol. The molecule has 1 amide bonds. The van der Waals surface area contributed by atoms with E-state index in [-0.39, 0.29) is 27.8 Å². The number of hydrogen-bond acceptors (Lipinski definition) is 8. The molecule has 9 nitrogen and oxygen atoms in total. The van der Waals surface area contributed by atoms with Crippen LogP contribution in [-0.4, -0.2) is 39.5 Å². The Labute approximate surface area is 195 Å². The van der Waals surface area contributed by atoms with Crippen LogP contribution >= 0.6 is 11.3 Å². The largest absolute Gasteiger partial charge is 0.434 e. The van der Waals surface area contributed by atoms with E-state index in [9.17, 15) is 26.4 Å². The van der Waals surface area contributed by atoms with E-state index in [1.54, 1.807) is 0 Å². The zero-order chi connectivity index (χ0) is 24.1. The fourth-order valence-electron chi connectivity index (χ4n) is 3.58. The molecule has 0 radical (unpaired) electrons. The van der Waals surface area contributed by atoms with E-state index in [1.807, 2.05) is 0 Å². The molecule has 3 heterocycles. The summed E-state index contributed by atoms with van der Waals surface area (Å²) in [7, 11) is -3.44. The molecule has 3 aromatic heterocycles. The Bertz CT molecular complexity index is 1350. The first-order valence-corrected chi connectivity index (χ1v) is 12.6. The number of hydrogen-bond donors (Lipinski definition) is 2. The second-order valence-electron chi connectivity index (χ2n) is 7.97. The lowest BCUT2D eigenvalue weighted by atomic mass is 10.1. The van der Waals surface area contributed by atoms with Gasteiger partial charge in [0.1, 0.15) is 5.82 Å². The van der Waals surface area contributed by atoms with Gasteiger partial charge in [0, 0.05) is 16.6 Å². The van der Waals surface area contributed by atoms with E-state index < -0.39 is 27.8 Å². The van der Waals surface area contributed by atoms with Crippen molar-refractivity contribution < 1.29 is 26.4 Å². The average Bonchev–Trinajstić information content (AvgIpc) is 3.48. The first-order valence-electron chi connectivity index (χ1n) is 10.3. The van der Waals surface area contributed by atoms with Gasteiger partial charge in [-0.3, -0.25) is 14.5 Å². The third-order valence-electron chi connectivity index (χ3n) is 5.46. The standard InChI is InChI=1S/C20H17F3N6O3S2/c21-20(22,23)15-9-24-8-13(26-15)10-1-6-16(25-7-10)27-18(30)12-4-5-14-17(12)28-19(33-14)29-34(31,32)11-2-3-11/h1,6-9,11-12H,2-5H2,(H,28,29)(H,25,27,30). The minimum Gasteiger partial charge on any atom is -0.310 e. The van der Waals surface area contributed by atoms with Gasteiger partial charge in [0.2, 0.25) is 15.9 Å². The van der Waals surface area contributed by atoms with Gasteiger partial charge in [-0.25, -0.2) is 23.4 Å². The number of halogens is 3. The Balaban J connectivity index is 1.27. The highest BCUT2D eigenvalue weighted by Crippen LogP contribution is 2.40. The predicted molar refractivity (Wildman–Crippen MR) is 118 cm³/mol. The molecule has 0 spiro atoms. The summed E-state index contributed by atoms with van der Waals surface area (Å²) in [6.07, 6.45) is 0.939. The lowest BCUT2D eigenvalue weighted by Crippen LogP contribution is -2.21. The highest BCUT2D eigenvalue weighted by Gasteiger charge is 2.38. The molecule has 0 aromatic carbocycles. The highest BCUT2D eigenvalue weighted by atomic mass is 32.2. The Morgan fingerprint density at radius 1 is 1.09 bits per heavy atom. The van der Waals surface area contributed by atoms with Crippen LogP contribution in [0.1, 0.15) is 41.4 Å². The number of anilines is 2. The Morgan fingerprint density at radius 2 is 1.88 bits per heavy atom. The molecular formula is C20H17F3N6O3S2. The number of nitrogens with one attached hydrogen (secondary N) is 2. The molecule has 3 aromatic rings. The second kappa shape index (κ2) is 8.27. The molecule has 34 heavy (non-hydrogen) atoms. The van der Waals surface area contributed by atoms with Crippen LogP contribution in [-0.2, 0) is 27.4 Å². The number of thiazole rings is 1. The number of nitrogens with zero attached hydrogens (tertiary/aromatic N) is 4. The number of aryl methyl sites for hydroxylation is 1. The molecule has 0 aliphatic heterocycles. The number of amides is 1. The van der Waals surface area contributed by atoms with Crippen LogP contribution in [0.5, 0.6) is 0 Å². The van der Waals surface area contributed by atoms with Crippen LogP contribution in [0.25, 0.3) is 11.3 Å². The Kier molecular flexibility index (Phi) is 5.51. The van der Waals surface area contributed by atoms with Crippen LogP contribution in [0.2, 0.25) is 0 Å². The Hall–Kier alpha value is -3.13. The van der Waals surface area contributed by atoms with Crippen LogP contribution in [0, 0.1) is 0 Å². The van der Waals surface area contributed by atoms with Gasteiger partial charge in [-0.15, -0.1) is 11.3 Å². The molecule has 1 unspecified atom stereocenters. The van der Waals surface area contributed by atoms with Crippen molar-refractivity contribution in [3.63, 3.8) is 0 Å². The molecule has 1 fully saturated rings. The van der Waals surface area contributed by atoms with Crippen molar-refractivity contribution in [2.75, 3.05) is 10.0 Å². The van der Waals surface area contributed by atoms with E-state index in [1.165, 1.54) is 35.9 Å². The number of carbonyl (C=O) groups excluding carboxylic acids is 1. The minimum absolute atomic E-state index is 0.00397. The average molecular weight is 511 g/mol. The van der Waals surface area contributed by atoms with Crippen molar-refractivity contribution in [1.82, 2.24) is 19.9 Å². The minimum atomic E-state index is -4.61. The lowest BCUT2D eigenvalue weighted by molar-refractivity contribution is -0.141. The summed E-state index contributed by atoms with van der Waals surface area (Å²) in [4.78, 5) is 29.3. The third-order valence-corrected chi connectivity index (χ3v) is 8.46. The smallest absolute Gasteiger partial charge is 0.310 e. The number of aromatic nitrogens is 4. The van der Waals surface area contributed by atoms with Crippen molar-refractivity contribution in [2.45, 2.75) is 43.0 Å². The van der Waals surface area contributed by atoms with Crippen LogP contribution in [0.4, 0.5) is 24.1 Å². The second-order valence-corrected chi connectivity index (χ2v) is 11.0. The fraction of sp³-hybridized carbons (Fsp3) is 0.350. The number of pyridine rings is 1. The van der Waals surface area contributed by atoms with Gasteiger partial charge in [-0.05, 0) is 37.8 Å². The monoisotopic (exact) mass is 510 g/mol. The summed E-state index contributed by atoms with van der Waals surface area (Å²) in [6, 6.07) is 2.95. The van der Waals surface area contributed by atoms with Crippen LogP contribution in [0.3, 0.4) is 0 Å². The van der Waals surface area contributed by atoms with E-state index in [0.717, 1.165) is 4.88 Å². The maximum absolute atomic E-state index is 12.9. The number of carbonyl (C=O) groups is 1. The lowest BCUT2D eigenvalue weighted by Gasteiger charge is -2.11. The predicted octanol–water partition coefficient (Wildman–Crippen LogP) is 3.59. The summed E-state index contributed by atoms with van der Waals surface area (Å²) in [5, 5.41) is 2.57. The molecule has 2 N–H and O–H groups in total. The quantitative estimate of drug-likeness (QED) is 0.519. The summed E-state index contributed by atoms with van der Waals surface area (Å²) < 4.78 is 65.4. The Morgan fingerprint density at radius 3 is 2.56 bits per heavy atom.